The summed E-state index contributed by atoms with van der Waals surface area (Å²) in [5, 5.41) is 3.34. The third kappa shape index (κ3) is 1.84. The van der Waals surface area contributed by atoms with Gasteiger partial charge in [-0.3, -0.25) is 4.79 Å². The number of carbonyl (C=O) groups excluding carboxylic acids is 1. The average molecular weight is 184 g/mol. The molecule has 13 heavy (non-hydrogen) atoms. The van der Waals surface area contributed by atoms with Crippen LogP contribution in [0.4, 0.5) is 0 Å². The molecule has 2 rings (SSSR count). The molecule has 2 aliphatic heterocycles. The Balaban J connectivity index is 1.97. The quantitative estimate of drug-likeness (QED) is 0.563. The molecule has 2 saturated heterocycles. The van der Waals surface area contributed by atoms with Crippen molar-refractivity contribution in [2.45, 2.75) is 24.9 Å². The summed E-state index contributed by atoms with van der Waals surface area (Å²) in [6.45, 7) is 3.28. The maximum Gasteiger partial charge on any atom is 0.322 e. The van der Waals surface area contributed by atoms with E-state index in [-0.39, 0.29) is 12.0 Å². The minimum Gasteiger partial charge on any atom is -0.468 e. The lowest BCUT2D eigenvalue weighted by molar-refractivity contribution is -0.143. The number of rotatable bonds is 1. The Morgan fingerprint density at radius 1 is 1.46 bits per heavy atom. The molecule has 2 aliphatic rings. The summed E-state index contributed by atoms with van der Waals surface area (Å²) in [5.74, 6) is -0.117. The third-order valence-corrected chi connectivity index (χ3v) is 2.93. The van der Waals surface area contributed by atoms with Gasteiger partial charge in [0.25, 0.3) is 0 Å². The predicted molar refractivity (Wildman–Crippen MR) is 48.4 cm³/mol. The fourth-order valence-corrected chi connectivity index (χ4v) is 2.18. The molecule has 0 saturated carbocycles. The predicted octanol–water partition coefficient (Wildman–Crippen LogP) is -0.404. The van der Waals surface area contributed by atoms with E-state index in [4.69, 9.17) is 4.74 Å². The lowest BCUT2D eigenvalue weighted by atomic mass is 10.1. The summed E-state index contributed by atoms with van der Waals surface area (Å²) in [6, 6.07) is 0.409. The SMILES string of the molecule is COC(=O)C1CCN2CCC(C2)N1. The second-order valence-corrected chi connectivity index (χ2v) is 3.82. The lowest BCUT2D eigenvalue weighted by Crippen LogP contribution is -2.43. The van der Waals surface area contributed by atoms with E-state index in [1.165, 1.54) is 13.7 Å². The van der Waals surface area contributed by atoms with E-state index in [0.29, 0.717) is 6.04 Å². The molecule has 2 heterocycles. The van der Waals surface area contributed by atoms with Crippen LogP contribution in [-0.2, 0) is 9.53 Å². The zero-order valence-corrected chi connectivity index (χ0v) is 7.95. The van der Waals surface area contributed by atoms with Gasteiger partial charge in [-0.2, -0.15) is 0 Å². The van der Waals surface area contributed by atoms with Crippen LogP contribution < -0.4 is 5.32 Å². The summed E-state index contributed by atoms with van der Waals surface area (Å²) < 4.78 is 4.73. The summed E-state index contributed by atoms with van der Waals surface area (Å²) in [5.41, 5.74) is 0. The molecule has 1 N–H and O–H groups in total. The zero-order valence-electron chi connectivity index (χ0n) is 7.95. The van der Waals surface area contributed by atoms with Crippen molar-refractivity contribution in [3.05, 3.63) is 0 Å². The standard InChI is InChI=1S/C9H16N2O2/c1-13-9(12)8-3-5-11-4-2-7(6-11)10-8/h7-8,10H,2-6H2,1H3. The van der Waals surface area contributed by atoms with Crippen molar-refractivity contribution in [1.29, 1.82) is 0 Å². The Morgan fingerprint density at radius 2 is 2.23 bits per heavy atom. The summed E-state index contributed by atoms with van der Waals surface area (Å²) in [7, 11) is 1.45. The number of fused-ring (bicyclic) bond motifs is 2. The van der Waals surface area contributed by atoms with Crippen LogP contribution in [0.15, 0.2) is 0 Å². The van der Waals surface area contributed by atoms with Gasteiger partial charge < -0.3 is 15.0 Å². The van der Waals surface area contributed by atoms with Crippen molar-refractivity contribution >= 4 is 5.97 Å². The average Bonchev–Trinajstić information content (AvgIpc) is 2.45. The number of carbonyl (C=O) groups is 1. The normalized spacial score (nSPS) is 38.4. The van der Waals surface area contributed by atoms with Crippen LogP contribution in [0.3, 0.4) is 0 Å². The Labute approximate surface area is 78.2 Å². The molecular weight excluding hydrogens is 168 g/mol. The minimum absolute atomic E-state index is 0.0831. The van der Waals surface area contributed by atoms with Gasteiger partial charge in [-0.25, -0.2) is 0 Å². The van der Waals surface area contributed by atoms with Crippen LogP contribution in [0.1, 0.15) is 12.8 Å². The first-order valence-electron chi connectivity index (χ1n) is 4.86. The van der Waals surface area contributed by atoms with Gasteiger partial charge in [-0.1, -0.05) is 0 Å². The van der Waals surface area contributed by atoms with Gasteiger partial charge in [0, 0.05) is 19.1 Å². The first kappa shape index (κ1) is 8.97. The van der Waals surface area contributed by atoms with Crippen LogP contribution in [0.5, 0.6) is 0 Å². The van der Waals surface area contributed by atoms with Crippen molar-refractivity contribution in [3.8, 4) is 0 Å². The fourth-order valence-electron chi connectivity index (χ4n) is 2.18. The maximum absolute atomic E-state index is 11.3. The smallest absolute Gasteiger partial charge is 0.322 e. The molecule has 0 aromatic rings. The highest BCUT2D eigenvalue weighted by Gasteiger charge is 2.31. The summed E-state index contributed by atoms with van der Waals surface area (Å²) >= 11 is 0. The van der Waals surface area contributed by atoms with E-state index < -0.39 is 0 Å². The van der Waals surface area contributed by atoms with Gasteiger partial charge in [0.15, 0.2) is 0 Å². The van der Waals surface area contributed by atoms with Crippen LogP contribution in [-0.4, -0.2) is 49.7 Å². The molecule has 3 unspecified atom stereocenters. The molecule has 0 aromatic heterocycles. The molecule has 4 nitrogen and oxygen atoms in total. The molecule has 74 valence electrons. The van der Waals surface area contributed by atoms with Gasteiger partial charge in [-0.15, -0.1) is 0 Å². The van der Waals surface area contributed by atoms with Gasteiger partial charge >= 0.3 is 5.97 Å². The van der Waals surface area contributed by atoms with Crippen LogP contribution >= 0.6 is 0 Å². The molecule has 0 spiro atoms. The summed E-state index contributed by atoms with van der Waals surface area (Å²) in [4.78, 5) is 13.7. The number of nitrogens with one attached hydrogen (secondary N) is 1. The fraction of sp³-hybridized carbons (Fsp3) is 0.889. The first-order chi connectivity index (χ1) is 6.29. The van der Waals surface area contributed by atoms with Crippen molar-refractivity contribution in [1.82, 2.24) is 10.2 Å². The molecule has 2 fully saturated rings. The highest BCUT2D eigenvalue weighted by atomic mass is 16.5. The second-order valence-electron chi connectivity index (χ2n) is 3.82. The number of ether oxygens (including phenoxy) is 1. The van der Waals surface area contributed by atoms with E-state index in [1.807, 2.05) is 0 Å². The Morgan fingerprint density at radius 3 is 3.00 bits per heavy atom. The van der Waals surface area contributed by atoms with Crippen molar-refractivity contribution < 1.29 is 9.53 Å². The monoisotopic (exact) mass is 184 g/mol. The largest absolute Gasteiger partial charge is 0.468 e. The summed E-state index contributed by atoms with van der Waals surface area (Å²) in [6.07, 6.45) is 2.04. The molecule has 0 aromatic carbocycles. The number of nitrogens with zero attached hydrogens (tertiary/aromatic N) is 1. The molecule has 0 radical (unpaired) electrons. The highest BCUT2D eigenvalue weighted by molar-refractivity contribution is 5.75. The number of esters is 1. The van der Waals surface area contributed by atoms with E-state index in [0.717, 1.165) is 25.9 Å². The minimum atomic E-state index is -0.117. The Hall–Kier alpha value is -0.610. The molecular formula is C9H16N2O2. The molecule has 3 atom stereocenters. The van der Waals surface area contributed by atoms with Gasteiger partial charge in [0.05, 0.1) is 7.11 Å². The van der Waals surface area contributed by atoms with Crippen molar-refractivity contribution in [3.63, 3.8) is 0 Å². The van der Waals surface area contributed by atoms with Gasteiger partial charge in [0.2, 0.25) is 0 Å². The van der Waals surface area contributed by atoms with Crippen LogP contribution in [0.2, 0.25) is 0 Å². The van der Waals surface area contributed by atoms with Gasteiger partial charge in [0.1, 0.15) is 6.04 Å². The van der Waals surface area contributed by atoms with E-state index in [2.05, 4.69) is 10.2 Å². The topological polar surface area (TPSA) is 41.6 Å². The highest BCUT2D eigenvalue weighted by Crippen LogP contribution is 2.15. The number of hydrogen-bond donors (Lipinski definition) is 1. The molecule has 2 bridgehead atoms. The first-order valence-corrected chi connectivity index (χ1v) is 4.86. The van der Waals surface area contributed by atoms with Crippen LogP contribution in [0.25, 0.3) is 0 Å². The second kappa shape index (κ2) is 3.64. The zero-order chi connectivity index (χ0) is 9.26. The van der Waals surface area contributed by atoms with E-state index >= 15 is 0 Å². The van der Waals surface area contributed by atoms with E-state index in [1.54, 1.807) is 0 Å². The molecule has 4 heteroatoms. The maximum atomic E-state index is 11.3. The number of hydrogen-bond acceptors (Lipinski definition) is 4. The number of methoxy groups -OCH3 is 1. The molecule has 0 amide bonds. The molecule has 0 aliphatic carbocycles. The van der Waals surface area contributed by atoms with Crippen molar-refractivity contribution in [2.75, 3.05) is 26.7 Å². The lowest BCUT2D eigenvalue weighted by Gasteiger charge is -2.19. The Kier molecular flexibility index (Phi) is 2.51. The van der Waals surface area contributed by atoms with E-state index in [9.17, 15) is 4.79 Å². The van der Waals surface area contributed by atoms with Crippen molar-refractivity contribution in [2.24, 2.45) is 0 Å². The van der Waals surface area contributed by atoms with Gasteiger partial charge in [-0.05, 0) is 19.4 Å². The Bertz CT molecular complexity index is 208. The third-order valence-electron chi connectivity index (χ3n) is 2.93. The van der Waals surface area contributed by atoms with Crippen LogP contribution in [0, 0.1) is 0 Å².